The number of nitrogens with zero attached hydrogens (tertiary/aromatic N) is 3. The lowest BCUT2D eigenvalue weighted by Gasteiger charge is -2.31. The molecule has 2 heterocycles. The fourth-order valence-electron chi connectivity index (χ4n) is 3.65. The molecule has 1 aliphatic rings. The number of benzene rings is 1. The van der Waals surface area contributed by atoms with Crippen LogP contribution in [-0.2, 0) is 32.0 Å². The fraction of sp³-hybridized carbons (Fsp3) is 0.500. The van der Waals surface area contributed by atoms with Crippen molar-refractivity contribution in [2.75, 3.05) is 66.2 Å². The first-order valence-corrected chi connectivity index (χ1v) is 11.1. The molecule has 1 aromatic carbocycles. The number of methoxy groups -OCH3 is 1. The van der Waals surface area contributed by atoms with Gasteiger partial charge in [-0.2, -0.15) is 0 Å². The van der Waals surface area contributed by atoms with Crippen molar-refractivity contribution in [3.05, 3.63) is 60.1 Å². The highest BCUT2D eigenvalue weighted by atomic mass is 16.5. The first-order valence-electron chi connectivity index (χ1n) is 11.1. The van der Waals surface area contributed by atoms with Crippen molar-refractivity contribution in [3.8, 4) is 0 Å². The smallest absolute Gasteiger partial charge is 0.249 e. The molecule has 0 bridgehead atoms. The summed E-state index contributed by atoms with van der Waals surface area (Å²) in [5.41, 5.74) is 1.16. The molecule has 2 aromatic rings. The molecule has 8 heteroatoms. The van der Waals surface area contributed by atoms with Crippen LogP contribution in [0.3, 0.4) is 0 Å². The average Bonchev–Trinajstić information content (AvgIpc) is 3.34. The fourth-order valence-corrected chi connectivity index (χ4v) is 3.65. The third-order valence-corrected chi connectivity index (χ3v) is 5.53. The number of hydrogen-bond donors (Lipinski definition) is 0. The minimum absolute atomic E-state index is 0.0159. The molecule has 32 heavy (non-hydrogen) atoms. The van der Waals surface area contributed by atoms with Crippen LogP contribution in [0.15, 0.2) is 53.1 Å². The first kappa shape index (κ1) is 24.0. The Bertz CT molecular complexity index is 806. The third kappa shape index (κ3) is 7.78. The van der Waals surface area contributed by atoms with Crippen molar-refractivity contribution in [2.45, 2.75) is 13.0 Å². The van der Waals surface area contributed by atoms with Gasteiger partial charge in [0.1, 0.15) is 12.4 Å². The van der Waals surface area contributed by atoms with Crippen LogP contribution in [0.4, 0.5) is 0 Å². The summed E-state index contributed by atoms with van der Waals surface area (Å²) in [5, 5.41) is 0. The number of ether oxygens (including phenoxy) is 2. The van der Waals surface area contributed by atoms with Crippen LogP contribution in [0.25, 0.3) is 0 Å². The topological polar surface area (TPSA) is 75.5 Å². The molecule has 1 aliphatic heterocycles. The number of carbonyl (C=O) groups is 2. The normalized spacial score (nSPS) is 14.3. The monoisotopic (exact) mass is 443 g/mol. The molecule has 3 rings (SSSR count). The Hall–Kier alpha value is -2.68. The summed E-state index contributed by atoms with van der Waals surface area (Å²) in [4.78, 5) is 31.5. The van der Waals surface area contributed by atoms with Crippen LogP contribution in [0.1, 0.15) is 11.3 Å². The Morgan fingerprint density at radius 3 is 2.47 bits per heavy atom. The summed E-state index contributed by atoms with van der Waals surface area (Å²) in [5.74, 6) is 0.424. The molecular weight excluding hydrogens is 410 g/mol. The van der Waals surface area contributed by atoms with Gasteiger partial charge >= 0.3 is 0 Å². The lowest BCUT2D eigenvalue weighted by atomic mass is 10.1. The summed E-state index contributed by atoms with van der Waals surface area (Å²) in [7, 11) is 1.49. The molecule has 0 atom stereocenters. The Morgan fingerprint density at radius 1 is 1.00 bits per heavy atom. The molecule has 2 amide bonds. The standard InChI is InChI=1S/C24H33N3O5/c1-30-20-24(29)27(12-11-25-13-16-31-17-14-25)19-23(28)26(18-22-8-5-15-32-22)10-9-21-6-3-2-4-7-21/h2-8,15H,9-14,16-20H2,1H3. The highest BCUT2D eigenvalue weighted by Crippen LogP contribution is 2.10. The van der Waals surface area contributed by atoms with Crippen LogP contribution in [-0.4, -0.2) is 92.7 Å². The zero-order chi connectivity index (χ0) is 22.6. The van der Waals surface area contributed by atoms with Crippen LogP contribution >= 0.6 is 0 Å². The Balaban J connectivity index is 1.63. The van der Waals surface area contributed by atoms with Crippen LogP contribution < -0.4 is 0 Å². The molecule has 8 nitrogen and oxygen atoms in total. The van der Waals surface area contributed by atoms with Crippen molar-refractivity contribution in [3.63, 3.8) is 0 Å². The van der Waals surface area contributed by atoms with E-state index < -0.39 is 0 Å². The van der Waals surface area contributed by atoms with Crippen molar-refractivity contribution >= 4 is 11.8 Å². The quantitative estimate of drug-likeness (QED) is 0.497. The maximum absolute atomic E-state index is 13.3. The van der Waals surface area contributed by atoms with E-state index in [-0.39, 0.29) is 25.0 Å². The molecule has 0 N–H and O–H groups in total. The van der Waals surface area contributed by atoms with Gasteiger partial charge in [-0.3, -0.25) is 14.5 Å². The Labute approximate surface area is 189 Å². The van der Waals surface area contributed by atoms with Crippen molar-refractivity contribution < 1.29 is 23.5 Å². The molecule has 0 saturated carbocycles. The molecular formula is C24H33N3O5. The molecule has 1 fully saturated rings. The Kier molecular flexibility index (Phi) is 9.74. The summed E-state index contributed by atoms with van der Waals surface area (Å²) in [6.45, 7) is 5.12. The zero-order valence-corrected chi connectivity index (χ0v) is 18.8. The van der Waals surface area contributed by atoms with E-state index in [4.69, 9.17) is 13.9 Å². The highest BCUT2D eigenvalue weighted by Gasteiger charge is 2.23. The number of carbonyl (C=O) groups excluding carboxylic acids is 2. The van der Waals surface area contributed by atoms with Gasteiger partial charge in [0.2, 0.25) is 11.8 Å². The van der Waals surface area contributed by atoms with E-state index in [0.717, 1.165) is 30.8 Å². The van der Waals surface area contributed by atoms with Crippen molar-refractivity contribution in [2.24, 2.45) is 0 Å². The minimum Gasteiger partial charge on any atom is -0.467 e. The molecule has 174 valence electrons. The second-order valence-corrected chi connectivity index (χ2v) is 7.83. The van der Waals surface area contributed by atoms with Crippen molar-refractivity contribution in [1.82, 2.24) is 14.7 Å². The largest absolute Gasteiger partial charge is 0.467 e. The molecule has 0 spiro atoms. The lowest BCUT2D eigenvalue weighted by Crippen LogP contribution is -2.48. The number of hydrogen-bond acceptors (Lipinski definition) is 6. The lowest BCUT2D eigenvalue weighted by molar-refractivity contribution is -0.143. The Morgan fingerprint density at radius 2 is 1.78 bits per heavy atom. The third-order valence-electron chi connectivity index (χ3n) is 5.53. The zero-order valence-electron chi connectivity index (χ0n) is 18.8. The maximum atomic E-state index is 13.3. The van der Waals surface area contributed by atoms with Gasteiger partial charge in [0.15, 0.2) is 0 Å². The molecule has 0 unspecified atom stereocenters. The van der Waals surface area contributed by atoms with Gasteiger partial charge in [-0.1, -0.05) is 30.3 Å². The molecule has 1 aromatic heterocycles. The second kappa shape index (κ2) is 13.0. The van der Waals surface area contributed by atoms with E-state index in [2.05, 4.69) is 4.90 Å². The van der Waals surface area contributed by atoms with Crippen LogP contribution in [0.5, 0.6) is 0 Å². The predicted molar refractivity (Wildman–Crippen MR) is 120 cm³/mol. The SMILES string of the molecule is COCC(=O)N(CCN1CCOCC1)CC(=O)N(CCc1ccccc1)Cc1ccco1. The summed E-state index contributed by atoms with van der Waals surface area (Å²) in [6, 6.07) is 13.7. The van der Waals surface area contributed by atoms with Crippen LogP contribution in [0, 0.1) is 0 Å². The summed E-state index contributed by atoms with van der Waals surface area (Å²) < 4.78 is 15.9. The van der Waals surface area contributed by atoms with Gasteiger partial charge in [0, 0.05) is 39.8 Å². The number of furan rings is 1. The summed E-state index contributed by atoms with van der Waals surface area (Å²) in [6.07, 6.45) is 2.33. The maximum Gasteiger partial charge on any atom is 0.249 e. The predicted octanol–water partition coefficient (Wildman–Crippen LogP) is 1.66. The highest BCUT2D eigenvalue weighted by molar-refractivity contribution is 5.85. The van der Waals surface area contributed by atoms with E-state index in [9.17, 15) is 9.59 Å². The van der Waals surface area contributed by atoms with Gasteiger partial charge in [-0.25, -0.2) is 0 Å². The van der Waals surface area contributed by atoms with E-state index in [1.165, 1.54) is 7.11 Å². The van der Waals surface area contributed by atoms with E-state index >= 15 is 0 Å². The minimum atomic E-state index is -0.185. The molecule has 0 radical (unpaired) electrons. The van der Waals surface area contributed by atoms with Gasteiger partial charge < -0.3 is 23.7 Å². The number of amides is 2. The van der Waals surface area contributed by atoms with E-state index in [1.807, 2.05) is 42.5 Å². The number of morpholine rings is 1. The van der Waals surface area contributed by atoms with Gasteiger partial charge in [-0.15, -0.1) is 0 Å². The van der Waals surface area contributed by atoms with Gasteiger partial charge in [-0.05, 0) is 24.1 Å². The van der Waals surface area contributed by atoms with Gasteiger partial charge in [0.25, 0.3) is 0 Å². The second-order valence-electron chi connectivity index (χ2n) is 7.83. The molecule has 1 saturated heterocycles. The van der Waals surface area contributed by atoms with E-state index in [1.54, 1.807) is 16.1 Å². The van der Waals surface area contributed by atoms with E-state index in [0.29, 0.717) is 39.4 Å². The first-order chi connectivity index (χ1) is 15.7. The molecule has 0 aliphatic carbocycles. The summed E-state index contributed by atoms with van der Waals surface area (Å²) >= 11 is 0. The number of rotatable bonds is 12. The van der Waals surface area contributed by atoms with Crippen molar-refractivity contribution in [1.29, 1.82) is 0 Å². The van der Waals surface area contributed by atoms with Gasteiger partial charge in [0.05, 0.1) is 32.6 Å². The van der Waals surface area contributed by atoms with Crippen LogP contribution in [0.2, 0.25) is 0 Å². The average molecular weight is 444 g/mol.